The van der Waals surface area contributed by atoms with Crippen molar-refractivity contribution in [2.45, 2.75) is 24.7 Å². The molecule has 1 aromatic carbocycles. The zero-order valence-electron chi connectivity index (χ0n) is 12.2. The number of rotatable bonds is 4. The van der Waals surface area contributed by atoms with E-state index < -0.39 is 10.0 Å². The molecule has 0 atom stereocenters. The first-order valence-corrected chi connectivity index (χ1v) is 8.19. The SMILES string of the molecule is COC(=O)Cc1ccc(S(=O)(=O)N2CCC=C(C)C2)cc1. The summed E-state index contributed by atoms with van der Waals surface area (Å²) < 4.78 is 31.1. The van der Waals surface area contributed by atoms with Crippen molar-refractivity contribution in [1.82, 2.24) is 4.31 Å². The van der Waals surface area contributed by atoms with Gasteiger partial charge in [-0.05, 0) is 31.0 Å². The molecule has 0 saturated carbocycles. The Hall–Kier alpha value is -1.66. The Balaban J connectivity index is 2.17. The van der Waals surface area contributed by atoms with Crippen molar-refractivity contribution >= 4 is 16.0 Å². The fraction of sp³-hybridized carbons (Fsp3) is 0.400. The molecule has 21 heavy (non-hydrogen) atoms. The van der Waals surface area contributed by atoms with Crippen LogP contribution in [-0.4, -0.2) is 38.9 Å². The molecule has 0 aromatic heterocycles. The van der Waals surface area contributed by atoms with Crippen LogP contribution >= 0.6 is 0 Å². The van der Waals surface area contributed by atoms with Crippen LogP contribution < -0.4 is 0 Å². The van der Waals surface area contributed by atoms with Gasteiger partial charge in [-0.15, -0.1) is 0 Å². The van der Waals surface area contributed by atoms with Crippen molar-refractivity contribution in [2.75, 3.05) is 20.2 Å². The average Bonchev–Trinajstić information content (AvgIpc) is 2.47. The molecule has 0 saturated heterocycles. The van der Waals surface area contributed by atoms with Gasteiger partial charge in [0.2, 0.25) is 10.0 Å². The third-order valence-corrected chi connectivity index (χ3v) is 5.29. The van der Waals surface area contributed by atoms with E-state index in [1.165, 1.54) is 11.4 Å². The molecule has 1 aromatic rings. The second-order valence-corrected chi connectivity index (χ2v) is 7.01. The lowest BCUT2D eigenvalue weighted by molar-refractivity contribution is -0.139. The van der Waals surface area contributed by atoms with Crippen LogP contribution in [0.15, 0.2) is 40.8 Å². The minimum atomic E-state index is -3.47. The van der Waals surface area contributed by atoms with E-state index >= 15 is 0 Å². The van der Waals surface area contributed by atoms with Crippen LogP contribution in [0.25, 0.3) is 0 Å². The summed E-state index contributed by atoms with van der Waals surface area (Å²) in [4.78, 5) is 11.4. The van der Waals surface area contributed by atoms with E-state index in [0.29, 0.717) is 13.1 Å². The normalized spacial score (nSPS) is 16.4. The summed E-state index contributed by atoms with van der Waals surface area (Å²) in [5.74, 6) is -0.345. The smallest absolute Gasteiger partial charge is 0.309 e. The Morgan fingerprint density at radius 1 is 1.29 bits per heavy atom. The molecule has 1 heterocycles. The van der Waals surface area contributed by atoms with Crippen LogP contribution in [-0.2, 0) is 26.0 Å². The molecule has 114 valence electrons. The van der Waals surface area contributed by atoms with Gasteiger partial charge in [0.05, 0.1) is 18.4 Å². The van der Waals surface area contributed by atoms with Crippen LogP contribution in [0.1, 0.15) is 18.9 Å². The van der Waals surface area contributed by atoms with Gasteiger partial charge in [0.15, 0.2) is 0 Å². The largest absolute Gasteiger partial charge is 0.469 e. The number of sulfonamides is 1. The second-order valence-electron chi connectivity index (χ2n) is 5.07. The summed E-state index contributed by atoms with van der Waals surface area (Å²) >= 11 is 0. The van der Waals surface area contributed by atoms with E-state index in [1.807, 2.05) is 6.92 Å². The van der Waals surface area contributed by atoms with Gasteiger partial charge in [-0.2, -0.15) is 4.31 Å². The van der Waals surface area contributed by atoms with E-state index in [2.05, 4.69) is 10.8 Å². The van der Waals surface area contributed by atoms with Crippen LogP contribution in [0.2, 0.25) is 0 Å². The lowest BCUT2D eigenvalue weighted by atomic mass is 10.2. The lowest BCUT2D eigenvalue weighted by Crippen LogP contribution is -2.35. The molecule has 0 aliphatic carbocycles. The topological polar surface area (TPSA) is 63.7 Å². The minimum absolute atomic E-state index is 0.141. The van der Waals surface area contributed by atoms with Gasteiger partial charge in [-0.25, -0.2) is 8.42 Å². The average molecular weight is 309 g/mol. The predicted molar refractivity (Wildman–Crippen MR) is 79.3 cm³/mol. The predicted octanol–water partition coefficient (Wildman–Crippen LogP) is 1.74. The Labute approximate surface area is 125 Å². The van der Waals surface area contributed by atoms with Gasteiger partial charge < -0.3 is 4.74 Å². The number of carbonyl (C=O) groups is 1. The Morgan fingerprint density at radius 2 is 1.95 bits per heavy atom. The van der Waals surface area contributed by atoms with Gasteiger partial charge in [0, 0.05) is 13.1 Å². The number of esters is 1. The molecule has 6 heteroatoms. The number of hydrogen-bond donors (Lipinski definition) is 0. The first-order valence-electron chi connectivity index (χ1n) is 6.75. The molecule has 0 radical (unpaired) electrons. The highest BCUT2D eigenvalue weighted by molar-refractivity contribution is 7.89. The van der Waals surface area contributed by atoms with Crippen molar-refractivity contribution in [2.24, 2.45) is 0 Å². The quantitative estimate of drug-likeness (QED) is 0.628. The van der Waals surface area contributed by atoms with E-state index in [9.17, 15) is 13.2 Å². The van der Waals surface area contributed by atoms with Crippen LogP contribution in [0.3, 0.4) is 0 Å². The summed E-state index contributed by atoms with van der Waals surface area (Å²) in [7, 11) is -2.14. The second kappa shape index (κ2) is 6.41. The number of carbonyl (C=O) groups excluding carboxylic acids is 1. The number of ether oxygens (including phenoxy) is 1. The third-order valence-electron chi connectivity index (χ3n) is 3.43. The van der Waals surface area contributed by atoms with Crippen molar-refractivity contribution in [3.05, 3.63) is 41.5 Å². The molecule has 0 spiro atoms. The van der Waals surface area contributed by atoms with Crippen LogP contribution in [0.5, 0.6) is 0 Å². The molecule has 0 fully saturated rings. The molecule has 2 rings (SSSR count). The Morgan fingerprint density at radius 3 is 2.52 bits per heavy atom. The minimum Gasteiger partial charge on any atom is -0.469 e. The van der Waals surface area contributed by atoms with Crippen molar-refractivity contribution in [3.63, 3.8) is 0 Å². The Bertz CT molecular complexity index is 647. The van der Waals surface area contributed by atoms with Crippen LogP contribution in [0, 0.1) is 0 Å². The van der Waals surface area contributed by atoms with Crippen molar-refractivity contribution < 1.29 is 17.9 Å². The highest BCUT2D eigenvalue weighted by Crippen LogP contribution is 2.21. The molecule has 5 nitrogen and oxygen atoms in total. The van der Waals surface area contributed by atoms with Crippen molar-refractivity contribution in [3.8, 4) is 0 Å². The molecule has 0 N–H and O–H groups in total. The Kier molecular flexibility index (Phi) is 4.80. The molecule has 0 unspecified atom stereocenters. The number of nitrogens with zero attached hydrogens (tertiary/aromatic N) is 1. The molecule has 0 bridgehead atoms. The summed E-state index contributed by atoms with van der Waals surface area (Å²) in [5, 5.41) is 0. The fourth-order valence-electron chi connectivity index (χ4n) is 2.25. The standard InChI is InChI=1S/C15H19NO4S/c1-12-4-3-9-16(11-12)21(18,19)14-7-5-13(6-8-14)10-15(17)20-2/h4-8H,3,9-11H2,1-2H3. The van der Waals surface area contributed by atoms with E-state index in [-0.39, 0.29) is 17.3 Å². The first kappa shape index (κ1) is 15.7. The molecule has 1 aliphatic rings. The van der Waals surface area contributed by atoms with Gasteiger partial charge in [-0.1, -0.05) is 23.8 Å². The first-order chi connectivity index (χ1) is 9.93. The van der Waals surface area contributed by atoms with Gasteiger partial charge in [-0.3, -0.25) is 4.79 Å². The monoisotopic (exact) mass is 309 g/mol. The maximum Gasteiger partial charge on any atom is 0.309 e. The van der Waals surface area contributed by atoms with E-state index in [1.54, 1.807) is 24.3 Å². The number of hydrogen-bond acceptors (Lipinski definition) is 4. The number of methoxy groups -OCH3 is 1. The van der Waals surface area contributed by atoms with Crippen LogP contribution in [0.4, 0.5) is 0 Å². The molecule has 1 aliphatic heterocycles. The molecule has 0 amide bonds. The highest BCUT2D eigenvalue weighted by atomic mass is 32.2. The summed E-state index contributed by atoms with van der Waals surface area (Å²) in [6, 6.07) is 6.38. The van der Waals surface area contributed by atoms with E-state index in [0.717, 1.165) is 17.6 Å². The lowest BCUT2D eigenvalue weighted by Gasteiger charge is -2.25. The maximum atomic E-state index is 12.5. The highest BCUT2D eigenvalue weighted by Gasteiger charge is 2.25. The van der Waals surface area contributed by atoms with Gasteiger partial charge in [0.25, 0.3) is 0 Å². The zero-order chi connectivity index (χ0) is 15.5. The fourth-order valence-corrected chi connectivity index (χ4v) is 3.75. The summed E-state index contributed by atoms with van der Waals surface area (Å²) in [6.45, 7) is 2.87. The number of benzene rings is 1. The third kappa shape index (κ3) is 3.71. The van der Waals surface area contributed by atoms with Gasteiger partial charge in [0.1, 0.15) is 0 Å². The zero-order valence-corrected chi connectivity index (χ0v) is 13.0. The summed E-state index contributed by atoms with van der Waals surface area (Å²) in [6.07, 6.45) is 2.94. The van der Waals surface area contributed by atoms with Gasteiger partial charge >= 0.3 is 5.97 Å². The molecular formula is C15H19NO4S. The van der Waals surface area contributed by atoms with Crippen molar-refractivity contribution in [1.29, 1.82) is 0 Å². The maximum absolute atomic E-state index is 12.5. The van der Waals surface area contributed by atoms with E-state index in [4.69, 9.17) is 0 Å². The summed E-state index contributed by atoms with van der Waals surface area (Å²) in [5.41, 5.74) is 1.79. The molecular weight excluding hydrogens is 290 g/mol.